The Morgan fingerprint density at radius 1 is 1.32 bits per heavy atom. The zero-order chi connectivity index (χ0) is 27.5. The number of ether oxygens (including phenoxy) is 3. The topological polar surface area (TPSA) is 191 Å². The van der Waals surface area contributed by atoms with Crippen molar-refractivity contribution in [2.45, 2.75) is 71.0 Å². The van der Waals surface area contributed by atoms with Crippen LogP contribution in [0.15, 0.2) is 18.5 Å². The molecule has 1 aliphatic rings. The first-order valence-electron chi connectivity index (χ1n) is 12.0. The van der Waals surface area contributed by atoms with Crippen LogP contribution in [0.3, 0.4) is 0 Å². The Hall–Kier alpha value is -3.60. The highest BCUT2D eigenvalue weighted by Gasteiger charge is 2.60. The van der Waals surface area contributed by atoms with Crippen molar-refractivity contribution in [3.05, 3.63) is 24.2 Å². The Balaban J connectivity index is 2.00. The van der Waals surface area contributed by atoms with Gasteiger partial charge in [-0.2, -0.15) is 10.4 Å². The van der Waals surface area contributed by atoms with E-state index in [4.69, 9.17) is 19.9 Å². The molecule has 1 aliphatic heterocycles. The van der Waals surface area contributed by atoms with E-state index >= 15 is 0 Å². The van der Waals surface area contributed by atoms with Gasteiger partial charge in [-0.15, -0.1) is 0 Å². The number of nitrogens with zero attached hydrogens (tertiary/aromatic N) is 4. The summed E-state index contributed by atoms with van der Waals surface area (Å²) in [5, 5.41) is 28.4. The van der Waals surface area contributed by atoms with Crippen molar-refractivity contribution >= 4 is 29.2 Å². The number of nitrogens with two attached hydrogens (primary N) is 1. The Kier molecular flexibility index (Phi) is 8.47. The molecule has 3 heterocycles. The Morgan fingerprint density at radius 3 is 2.62 bits per heavy atom. The average molecular weight is 517 g/mol. The molecule has 1 saturated heterocycles. The number of aliphatic hydroxyl groups excluding tert-OH is 1. The van der Waals surface area contributed by atoms with Crippen LogP contribution < -0.4 is 11.1 Å². The van der Waals surface area contributed by atoms with E-state index in [1.165, 1.54) is 16.9 Å². The number of aromatic nitrogens is 3. The minimum absolute atomic E-state index is 0.00764. The lowest BCUT2D eigenvalue weighted by molar-refractivity contribution is -0.161. The molecule has 4 N–H and O–H groups in total. The number of anilines is 1. The monoisotopic (exact) mass is 516 g/mol. The van der Waals surface area contributed by atoms with Crippen molar-refractivity contribution in [3.8, 4) is 6.07 Å². The van der Waals surface area contributed by atoms with Crippen molar-refractivity contribution in [2.24, 2.45) is 17.6 Å². The van der Waals surface area contributed by atoms with Crippen molar-refractivity contribution in [2.75, 3.05) is 11.9 Å². The summed E-state index contributed by atoms with van der Waals surface area (Å²) in [5.41, 5.74) is 4.23. The third-order valence-corrected chi connectivity index (χ3v) is 6.13. The molecule has 13 nitrogen and oxygen atoms in total. The molecular weight excluding hydrogens is 484 g/mol. The molecule has 1 amide bonds. The fourth-order valence-corrected chi connectivity index (χ4v) is 3.78. The van der Waals surface area contributed by atoms with Crippen LogP contribution in [0.1, 0.15) is 46.7 Å². The van der Waals surface area contributed by atoms with Crippen LogP contribution in [-0.4, -0.2) is 68.5 Å². The number of rotatable bonds is 9. The number of hydrogen-bond donors (Lipinski definition) is 3. The number of nitriles is 1. The molecule has 3 rings (SSSR count). The molecular formula is C24H32N6O7. The first-order valence-corrected chi connectivity index (χ1v) is 12.0. The van der Waals surface area contributed by atoms with E-state index in [9.17, 15) is 24.8 Å². The highest BCUT2D eigenvalue weighted by Crippen LogP contribution is 2.42. The number of fused-ring (bicyclic) bond motifs is 1. The molecule has 1 fully saturated rings. The van der Waals surface area contributed by atoms with Crippen LogP contribution in [0, 0.1) is 23.2 Å². The predicted molar refractivity (Wildman–Crippen MR) is 129 cm³/mol. The molecule has 0 spiro atoms. The van der Waals surface area contributed by atoms with Gasteiger partial charge in [-0.25, -0.2) is 9.50 Å². The summed E-state index contributed by atoms with van der Waals surface area (Å²) in [5.74, 6) is -1.92. The van der Waals surface area contributed by atoms with Gasteiger partial charge in [0.1, 0.15) is 42.8 Å². The maximum absolute atomic E-state index is 12.3. The van der Waals surface area contributed by atoms with E-state index in [1.807, 2.05) is 6.07 Å². The minimum atomic E-state index is -2.06. The summed E-state index contributed by atoms with van der Waals surface area (Å²) in [6, 6.07) is 4.14. The summed E-state index contributed by atoms with van der Waals surface area (Å²) in [4.78, 5) is 40.8. The number of esters is 2. The Bertz CT molecular complexity index is 1210. The number of carbonyl (C=O) groups is 3. The Labute approximate surface area is 213 Å². The molecule has 0 unspecified atom stereocenters. The second-order valence-corrected chi connectivity index (χ2v) is 9.42. The largest absolute Gasteiger partial charge is 0.462 e. The molecule has 5 atom stereocenters. The second-order valence-electron chi connectivity index (χ2n) is 9.42. The Morgan fingerprint density at radius 2 is 2.03 bits per heavy atom. The normalized spacial score (nSPS) is 24.2. The highest BCUT2D eigenvalue weighted by molar-refractivity contribution is 5.94. The molecule has 200 valence electrons. The lowest BCUT2D eigenvalue weighted by Crippen LogP contribution is -2.43. The lowest BCUT2D eigenvalue weighted by atomic mass is 9.92. The first-order chi connectivity index (χ1) is 17.5. The summed E-state index contributed by atoms with van der Waals surface area (Å²) in [6.07, 6.45) is -2.99. The summed E-state index contributed by atoms with van der Waals surface area (Å²) >= 11 is 0. The molecule has 0 radical (unpaired) electrons. The molecule has 2 aromatic heterocycles. The molecule has 37 heavy (non-hydrogen) atoms. The zero-order valence-corrected chi connectivity index (χ0v) is 21.4. The summed E-state index contributed by atoms with van der Waals surface area (Å²) in [6.45, 7) is 8.11. The van der Waals surface area contributed by atoms with E-state index < -0.39 is 48.5 Å². The fraction of sp³-hybridized carbons (Fsp3) is 0.583. The van der Waals surface area contributed by atoms with E-state index in [0.29, 0.717) is 5.52 Å². The van der Waals surface area contributed by atoms with E-state index in [1.54, 1.807) is 40.7 Å². The number of carbonyl (C=O) groups excluding carboxylic acids is 3. The highest BCUT2D eigenvalue weighted by atomic mass is 16.6. The number of nitrogens with one attached hydrogen (secondary N) is 1. The summed E-state index contributed by atoms with van der Waals surface area (Å²) in [7, 11) is 0. The van der Waals surface area contributed by atoms with Gasteiger partial charge in [0.05, 0.1) is 5.69 Å². The van der Waals surface area contributed by atoms with Crippen molar-refractivity contribution < 1.29 is 33.7 Å². The van der Waals surface area contributed by atoms with Crippen molar-refractivity contribution in [1.29, 1.82) is 5.26 Å². The van der Waals surface area contributed by atoms with Gasteiger partial charge in [-0.3, -0.25) is 14.4 Å². The van der Waals surface area contributed by atoms with Gasteiger partial charge < -0.3 is 30.4 Å². The number of hydrogen-bond acceptors (Lipinski definition) is 11. The van der Waals surface area contributed by atoms with Crippen molar-refractivity contribution in [3.63, 3.8) is 0 Å². The van der Waals surface area contributed by atoms with Crippen LogP contribution in [0.2, 0.25) is 0 Å². The quantitative estimate of drug-likeness (QED) is 0.396. The van der Waals surface area contributed by atoms with Gasteiger partial charge in [0.2, 0.25) is 11.5 Å². The molecule has 0 aliphatic carbocycles. The van der Waals surface area contributed by atoms with Crippen LogP contribution in [0.5, 0.6) is 0 Å². The molecule has 0 saturated carbocycles. The second kappa shape index (κ2) is 11.2. The van der Waals surface area contributed by atoms with Crippen LogP contribution >= 0.6 is 0 Å². The minimum Gasteiger partial charge on any atom is -0.462 e. The maximum atomic E-state index is 12.3. The third-order valence-electron chi connectivity index (χ3n) is 6.13. The van der Waals surface area contributed by atoms with Gasteiger partial charge in [0.25, 0.3) is 0 Å². The zero-order valence-electron chi connectivity index (χ0n) is 21.4. The van der Waals surface area contributed by atoms with Gasteiger partial charge in [0.15, 0.2) is 11.9 Å². The summed E-state index contributed by atoms with van der Waals surface area (Å²) < 4.78 is 18.0. The molecule has 2 aromatic rings. The predicted octanol–water partition coefficient (Wildman–Crippen LogP) is 0.651. The van der Waals surface area contributed by atoms with Gasteiger partial charge in [-0.05, 0) is 18.1 Å². The smallest absolute Gasteiger partial charge is 0.323 e. The third kappa shape index (κ3) is 5.41. The maximum Gasteiger partial charge on any atom is 0.323 e. The first kappa shape index (κ1) is 28.0. The van der Waals surface area contributed by atoms with Gasteiger partial charge >= 0.3 is 11.9 Å². The standard InChI is InChI=1S/C24H32N6O7/c1-6-17(31)36-19-15(9-35-23(34)18(26)12(2)3)37-24(10-25,20(19)32)16-8-7-14-21(27-11-28-30(14)16)29-22(33)13(4)5/h7-8,11-13,15,18-20,32H,6,9,26H2,1-5H3,(H,27,28,29,33)/t15-,18+,19-,20-,24+/m1/s1. The number of amides is 1. The van der Waals surface area contributed by atoms with Crippen LogP contribution in [0.25, 0.3) is 5.52 Å². The van der Waals surface area contributed by atoms with Gasteiger partial charge in [0, 0.05) is 12.3 Å². The average Bonchev–Trinajstić information content (AvgIpc) is 3.42. The fourth-order valence-electron chi connectivity index (χ4n) is 3.78. The number of aliphatic hydroxyl groups is 1. The lowest BCUT2D eigenvalue weighted by Gasteiger charge is -2.24. The van der Waals surface area contributed by atoms with Crippen molar-refractivity contribution in [1.82, 2.24) is 14.6 Å². The van der Waals surface area contributed by atoms with Crippen LogP contribution in [-0.2, 0) is 34.2 Å². The molecule has 13 heteroatoms. The van der Waals surface area contributed by atoms with E-state index in [0.717, 1.165) is 0 Å². The molecule has 0 bridgehead atoms. The van der Waals surface area contributed by atoms with Crippen LogP contribution in [0.4, 0.5) is 5.82 Å². The molecule has 0 aromatic carbocycles. The van der Waals surface area contributed by atoms with E-state index in [2.05, 4.69) is 15.4 Å². The SMILES string of the molecule is CCC(=O)O[C@H]1[C@@H](O)[C@](C#N)(c2ccc3c(NC(=O)C(C)C)ncnn23)O[C@@H]1COC(=O)[C@@H](N)C(C)C. The van der Waals surface area contributed by atoms with Gasteiger partial charge in [-0.1, -0.05) is 34.6 Å². The van der Waals surface area contributed by atoms with E-state index in [-0.39, 0.29) is 35.7 Å².